The van der Waals surface area contributed by atoms with Crippen molar-refractivity contribution in [3.63, 3.8) is 0 Å². The second kappa shape index (κ2) is 5.57. The van der Waals surface area contributed by atoms with Gasteiger partial charge in [0.05, 0.1) is 11.5 Å². The highest BCUT2D eigenvalue weighted by Gasteiger charge is 2.32. The average molecular weight is 264 g/mol. The average Bonchev–Trinajstić information content (AvgIpc) is 2.86. The van der Waals surface area contributed by atoms with E-state index in [4.69, 9.17) is 0 Å². The molecule has 2 N–H and O–H groups in total. The molecule has 0 unspecified atom stereocenters. The molecule has 0 saturated heterocycles. The first-order chi connectivity index (χ1) is 9.06. The quantitative estimate of drug-likeness (QED) is 0.633. The van der Waals surface area contributed by atoms with Gasteiger partial charge in [-0.05, 0) is 31.4 Å². The van der Waals surface area contributed by atoms with Gasteiger partial charge in [0.1, 0.15) is 0 Å². The minimum Gasteiger partial charge on any atom is -0.396 e. The number of hydrogen-bond donors (Lipinski definition) is 2. The summed E-state index contributed by atoms with van der Waals surface area (Å²) in [5.41, 5.74) is 1.86. The zero-order chi connectivity index (χ0) is 13.9. The molecule has 19 heavy (non-hydrogen) atoms. The van der Waals surface area contributed by atoms with E-state index in [1.807, 2.05) is 6.92 Å². The fourth-order valence-electron chi connectivity index (χ4n) is 2.76. The predicted molar refractivity (Wildman–Crippen MR) is 74.3 cm³/mol. The topological polar surface area (TPSA) is 75.4 Å². The van der Waals surface area contributed by atoms with Crippen LogP contribution in [0.5, 0.6) is 0 Å². The summed E-state index contributed by atoms with van der Waals surface area (Å²) in [7, 11) is 0. The number of rotatable bonds is 5. The van der Waals surface area contributed by atoms with Crippen LogP contribution in [-0.4, -0.2) is 23.2 Å². The molecular weight excluding hydrogens is 244 g/mol. The first-order valence-electron chi connectivity index (χ1n) is 6.66. The highest BCUT2D eigenvalue weighted by atomic mass is 16.6. The first kappa shape index (κ1) is 13.8. The van der Waals surface area contributed by atoms with Crippen molar-refractivity contribution < 1.29 is 10.0 Å². The summed E-state index contributed by atoms with van der Waals surface area (Å²) < 4.78 is 0. The monoisotopic (exact) mass is 264 g/mol. The summed E-state index contributed by atoms with van der Waals surface area (Å²) in [6.07, 6.45) is 4.42. The van der Waals surface area contributed by atoms with Crippen molar-refractivity contribution in [2.45, 2.75) is 32.6 Å². The Bertz CT molecular complexity index is 468. The molecule has 5 heteroatoms. The van der Waals surface area contributed by atoms with E-state index in [1.165, 1.54) is 18.9 Å². The highest BCUT2D eigenvalue weighted by molar-refractivity contribution is 5.55. The predicted octanol–water partition coefficient (Wildman–Crippen LogP) is 2.87. The molecule has 0 heterocycles. The molecule has 104 valence electrons. The van der Waals surface area contributed by atoms with Crippen molar-refractivity contribution in [3.05, 3.63) is 33.9 Å². The van der Waals surface area contributed by atoms with Crippen LogP contribution in [0.2, 0.25) is 0 Å². The van der Waals surface area contributed by atoms with Crippen LogP contribution in [0.25, 0.3) is 0 Å². The van der Waals surface area contributed by atoms with Crippen molar-refractivity contribution in [1.29, 1.82) is 0 Å². The van der Waals surface area contributed by atoms with Crippen LogP contribution < -0.4 is 5.32 Å². The Morgan fingerprint density at radius 1 is 1.42 bits per heavy atom. The smallest absolute Gasteiger partial charge is 0.269 e. The molecule has 1 aromatic rings. The van der Waals surface area contributed by atoms with Gasteiger partial charge in [-0.2, -0.15) is 0 Å². The van der Waals surface area contributed by atoms with Gasteiger partial charge < -0.3 is 10.4 Å². The summed E-state index contributed by atoms with van der Waals surface area (Å²) in [6, 6.07) is 4.83. The second-order valence-corrected chi connectivity index (χ2v) is 5.48. The fraction of sp³-hybridized carbons (Fsp3) is 0.571. The molecular formula is C14H20N2O3. The molecule has 1 aliphatic carbocycles. The van der Waals surface area contributed by atoms with Crippen molar-refractivity contribution in [2.24, 2.45) is 5.41 Å². The number of anilines is 1. The van der Waals surface area contributed by atoms with Crippen LogP contribution in [0.3, 0.4) is 0 Å². The standard InChI is InChI=1S/C14H20N2O3/c1-11-8-12(16(18)19)4-5-13(11)15-9-14(10-17)6-2-3-7-14/h4-5,8,15,17H,2-3,6-7,9-10H2,1H3. The van der Waals surface area contributed by atoms with Gasteiger partial charge in [-0.15, -0.1) is 0 Å². The van der Waals surface area contributed by atoms with Crippen molar-refractivity contribution >= 4 is 11.4 Å². The third-order valence-corrected chi connectivity index (χ3v) is 4.07. The van der Waals surface area contributed by atoms with Crippen LogP contribution in [0, 0.1) is 22.5 Å². The number of aliphatic hydroxyl groups is 1. The van der Waals surface area contributed by atoms with Gasteiger partial charge in [-0.1, -0.05) is 12.8 Å². The number of benzene rings is 1. The number of hydrogen-bond acceptors (Lipinski definition) is 4. The SMILES string of the molecule is Cc1cc([N+](=O)[O-])ccc1NCC1(CO)CCCC1. The van der Waals surface area contributed by atoms with Crippen LogP contribution >= 0.6 is 0 Å². The molecule has 5 nitrogen and oxygen atoms in total. The normalized spacial score (nSPS) is 17.4. The van der Waals surface area contributed by atoms with Gasteiger partial charge in [0.2, 0.25) is 0 Å². The molecule has 0 bridgehead atoms. The van der Waals surface area contributed by atoms with E-state index < -0.39 is 0 Å². The zero-order valence-corrected chi connectivity index (χ0v) is 11.2. The second-order valence-electron chi connectivity index (χ2n) is 5.48. The summed E-state index contributed by atoms with van der Waals surface area (Å²) in [4.78, 5) is 10.3. The maximum Gasteiger partial charge on any atom is 0.269 e. The van der Waals surface area contributed by atoms with Crippen LogP contribution in [0.15, 0.2) is 18.2 Å². The van der Waals surface area contributed by atoms with Crippen LogP contribution in [0.4, 0.5) is 11.4 Å². The molecule has 0 aromatic heterocycles. The number of nitrogens with zero attached hydrogens (tertiary/aromatic N) is 1. The van der Waals surface area contributed by atoms with Gasteiger partial charge in [0.25, 0.3) is 5.69 Å². The summed E-state index contributed by atoms with van der Waals surface area (Å²) in [5.74, 6) is 0. The number of nitro benzene ring substituents is 1. The summed E-state index contributed by atoms with van der Waals surface area (Å²) >= 11 is 0. The Hall–Kier alpha value is -1.62. The summed E-state index contributed by atoms with van der Waals surface area (Å²) in [6.45, 7) is 2.78. The van der Waals surface area contributed by atoms with Crippen molar-refractivity contribution in [3.8, 4) is 0 Å². The molecule has 1 saturated carbocycles. The Morgan fingerprint density at radius 3 is 2.63 bits per heavy atom. The highest BCUT2D eigenvalue weighted by Crippen LogP contribution is 2.38. The van der Waals surface area contributed by atoms with E-state index >= 15 is 0 Å². The molecule has 0 aliphatic heterocycles. The van der Waals surface area contributed by atoms with Crippen LogP contribution in [0.1, 0.15) is 31.2 Å². The number of nitrogens with one attached hydrogen (secondary N) is 1. The lowest BCUT2D eigenvalue weighted by atomic mass is 9.87. The molecule has 0 amide bonds. The van der Waals surface area contributed by atoms with Crippen LogP contribution in [-0.2, 0) is 0 Å². The van der Waals surface area contributed by atoms with E-state index in [1.54, 1.807) is 12.1 Å². The fourth-order valence-corrected chi connectivity index (χ4v) is 2.76. The Labute approximate surface area is 112 Å². The number of nitro groups is 1. The maximum atomic E-state index is 10.7. The van der Waals surface area contributed by atoms with Crippen molar-refractivity contribution in [2.75, 3.05) is 18.5 Å². The molecule has 0 radical (unpaired) electrons. The zero-order valence-electron chi connectivity index (χ0n) is 11.2. The molecule has 1 aliphatic rings. The maximum absolute atomic E-state index is 10.7. The number of non-ortho nitro benzene ring substituents is 1. The third-order valence-electron chi connectivity index (χ3n) is 4.07. The Balaban J connectivity index is 2.05. The summed E-state index contributed by atoms with van der Waals surface area (Å²) in [5, 5.41) is 23.6. The Morgan fingerprint density at radius 2 is 2.11 bits per heavy atom. The first-order valence-corrected chi connectivity index (χ1v) is 6.66. The largest absolute Gasteiger partial charge is 0.396 e. The van der Waals surface area contributed by atoms with E-state index in [0.717, 1.165) is 30.6 Å². The number of aliphatic hydroxyl groups excluding tert-OH is 1. The van der Waals surface area contributed by atoms with Gasteiger partial charge >= 0.3 is 0 Å². The molecule has 1 fully saturated rings. The van der Waals surface area contributed by atoms with E-state index in [0.29, 0.717) is 0 Å². The van der Waals surface area contributed by atoms with Gasteiger partial charge in [-0.25, -0.2) is 0 Å². The lowest BCUT2D eigenvalue weighted by Crippen LogP contribution is -2.30. The van der Waals surface area contributed by atoms with Gasteiger partial charge in [0.15, 0.2) is 0 Å². The lowest BCUT2D eigenvalue weighted by molar-refractivity contribution is -0.384. The van der Waals surface area contributed by atoms with Gasteiger partial charge in [0, 0.05) is 29.8 Å². The lowest BCUT2D eigenvalue weighted by Gasteiger charge is -2.27. The molecule has 0 spiro atoms. The minimum absolute atomic E-state index is 0.0196. The molecule has 0 atom stereocenters. The Kier molecular flexibility index (Phi) is 4.04. The van der Waals surface area contributed by atoms with Gasteiger partial charge in [-0.3, -0.25) is 10.1 Å². The molecule has 2 rings (SSSR count). The number of aryl methyl sites for hydroxylation is 1. The molecule has 1 aromatic carbocycles. The van der Waals surface area contributed by atoms with E-state index in [9.17, 15) is 15.2 Å². The third kappa shape index (κ3) is 3.04. The van der Waals surface area contributed by atoms with E-state index in [-0.39, 0.29) is 22.6 Å². The minimum atomic E-state index is -0.386. The van der Waals surface area contributed by atoms with E-state index in [2.05, 4.69) is 5.32 Å². The van der Waals surface area contributed by atoms with Crippen molar-refractivity contribution in [1.82, 2.24) is 0 Å².